The maximum Gasteiger partial charge on any atom is 0.127 e. The molecule has 0 amide bonds. The van der Waals surface area contributed by atoms with E-state index in [1.165, 1.54) is 14.1 Å². The van der Waals surface area contributed by atoms with E-state index in [-0.39, 0.29) is 10.1 Å². The zero-order valence-corrected chi connectivity index (χ0v) is 5.23. The molecule has 0 aliphatic heterocycles. The van der Waals surface area contributed by atoms with Crippen molar-refractivity contribution >= 4 is 0 Å². The molecule has 0 aromatic heterocycles. The molecule has 0 heterocycles. The van der Waals surface area contributed by atoms with Gasteiger partial charge in [-0.2, -0.15) is 0 Å². The molecular formula is C4H12N2O2. The molecule has 0 spiro atoms. The van der Waals surface area contributed by atoms with Crippen LogP contribution in [0.2, 0.25) is 0 Å². The van der Waals surface area contributed by atoms with Crippen molar-refractivity contribution in [3.05, 3.63) is 10.4 Å². The van der Waals surface area contributed by atoms with E-state index in [1.54, 1.807) is 0 Å². The third-order valence-electron chi connectivity index (χ3n) is 0.829. The topological polar surface area (TPSA) is 55.0 Å². The molecular weight excluding hydrogens is 108 g/mol. The Kier molecular flexibility index (Phi) is 3.72. The summed E-state index contributed by atoms with van der Waals surface area (Å²) in [6, 6.07) is 0. The highest BCUT2D eigenvalue weighted by Crippen LogP contribution is 1.34. The van der Waals surface area contributed by atoms with E-state index < -0.39 is 0 Å². The van der Waals surface area contributed by atoms with Gasteiger partial charge in [0.2, 0.25) is 0 Å². The van der Waals surface area contributed by atoms with Crippen LogP contribution in [0, 0.1) is 10.4 Å². The maximum atomic E-state index is 10.2. The van der Waals surface area contributed by atoms with Gasteiger partial charge in [-0.3, -0.25) is 0 Å². The van der Waals surface area contributed by atoms with Gasteiger partial charge in [-0.1, -0.05) is 0 Å². The fraction of sp³-hybridized carbons (Fsp3) is 1.00. The van der Waals surface area contributed by atoms with E-state index in [1.807, 2.05) is 0 Å². The summed E-state index contributed by atoms with van der Waals surface area (Å²) in [4.78, 5) is 0. The number of quaternary nitrogens is 2. The fourth-order valence-electron chi connectivity index (χ4n) is 0.352. The monoisotopic (exact) mass is 120 g/mol. The Morgan fingerprint density at radius 2 is 1.25 bits per heavy atom. The Hall–Kier alpha value is -0.160. The summed E-state index contributed by atoms with van der Waals surface area (Å²) in [6.07, 6.45) is 0. The molecule has 2 atom stereocenters. The predicted octanol–water partition coefficient (Wildman–Crippen LogP) is -2.99. The van der Waals surface area contributed by atoms with E-state index >= 15 is 0 Å². The highest BCUT2D eigenvalue weighted by atomic mass is 16.5. The minimum Gasteiger partial charge on any atom is -0.634 e. The molecule has 50 valence electrons. The summed E-state index contributed by atoms with van der Waals surface area (Å²) < 4.78 is 0. The van der Waals surface area contributed by atoms with Crippen molar-refractivity contribution in [2.75, 3.05) is 27.2 Å². The van der Waals surface area contributed by atoms with Crippen LogP contribution in [0.1, 0.15) is 0 Å². The first-order chi connectivity index (χ1) is 3.63. The smallest absolute Gasteiger partial charge is 0.127 e. The van der Waals surface area contributed by atoms with E-state index in [9.17, 15) is 10.4 Å². The lowest BCUT2D eigenvalue weighted by Crippen LogP contribution is -3.13. The van der Waals surface area contributed by atoms with Gasteiger partial charge in [0.05, 0.1) is 14.1 Å². The maximum absolute atomic E-state index is 10.2. The minimum absolute atomic E-state index is 0.0835. The second-order valence-electron chi connectivity index (χ2n) is 1.90. The number of hydroxylamine groups is 4. The average Bonchev–Trinajstić information content (AvgIpc) is 1.61. The summed E-state index contributed by atoms with van der Waals surface area (Å²) in [5, 5.41) is 20.6. The Morgan fingerprint density at radius 1 is 1.00 bits per heavy atom. The van der Waals surface area contributed by atoms with Crippen molar-refractivity contribution in [2.24, 2.45) is 0 Å². The summed E-state index contributed by atoms with van der Waals surface area (Å²) in [5.74, 6) is 0. The van der Waals surface area contributed by atoms with Crippen LogP contribution in [0.25, 0.3) is 0 Å². The number of likely N-dealkylation sites (N-methyl/N-ethyl adjacent to an activating group) is 2. The lowest BCUT2D eigenvalue weighted by atomic mass is 10.6. The van der Waals surface area contributed by atoms with Crippen LogP contribution in [0.5, 0.6) is 0 Å². The van der Waals surface area contributed by atoms with E-state index in [2.05, 4.69) is 0 Å². The second-order valence-corrected chi connectivity index (χ2v) is 1.90. The fourth-order valence-corrected chi connectivity index (χ4v) is 0.352. The Bertz CT molecular complexity index is 48.0. The van der Waals surface area contributed by atoms with Gasteiger partial charge in [0, 0.05) is 0 Å². The Balaban J connectivity index is 2.93. The standard InChI is InChI=1S/C4H12N2O2/c1-5(7)3-4-6(2)8/h5-6H,3-4H2,1-2H3. The summed E-state index contributed by atoms with van der Waals surface area (Å²) >= 11 is 0. The van der Waals surface area contributed by atoms with Gasteiger partial charge in [-0.15, -0.1) is 0 Å². The number of rotatable bonds is 3. The molecule has 2 N–H and O–H groups in total. The minimum atomic E-state index is 0.0835. The van der Waals surface area contributed by atoms with E-state index in [0.29, 0.717) is 13.1 Å². The predicted molar refractivity (Wildman–Crippen MR) is 30.2 cm³/mol. The van der Waals surface area contributed by atoms with Gasteiger partial charge in [-0.05, 0) is 0 Å². The van der Waals surface area contributed by atoms with Crippen molar-refractivity contribution in [3.8, 4) is 0 Å². The average molecular weight is 120 g/mol. The largest absolute Gasteiger partial charge is 0.634 e. The van der Waals surface area contributed by atoms with Gasteiger partial charge >= 0.3 is 0 Å². The molecule has 0 aliphatic carbocycles. The van der Waals surface area contributed by atoms with E-state index in [0.717, 1.165) is 0 Å². The third-order valence-corrected chi connectivity index (χ3v) is 0.829. The molecule has 4 heteroatoms. The molecule has 0 radical (unpaired) electrons. The molecule has 2 unspecified atom stereocenters. The summed E-state index contributed by atoms with van der Waals surface area (Å²) in [6.45, 7) is 0.796. The molecule has 0 aliphatic rings. The van der Waals surface area contributed by atoms with Crippen molar-refractivity contribution in [1.29, 1.82) is 0 Å². The van der Waals surface area contributed by atoms with Crippen LogP contribution in [-0.4, -0.2) is 27.2 Å². The van der Waals surface area contributed by atoms with Crippen LogP contribution in [-0.2, 0) is 0 Å². The molecule has 0 saturated heterocycles. The first kappa shape index (κ1) is 7.84. The zero-order chi connectivity index (χ0) is 6.57. The van der Waals surface area contributed by atoms with E-state index in [4.69, 9.17) is 0 Å². The van der Waals surface area contributed by atoms with Crippen LogP contribution in [0.15, 0.2) is 0 Å². The van der Waals surface area contributed by atoms with Gasteiger partial charge in [0.25, 0.3) is 0 Å². The second kappa shape index (κ2) is 3.80. The Labute approximate surface area is 48.9 Å². The first-order valence-electron chi connectivity index (χ1n) is 2.62. The summed E-state index contributed by atoms with van der Waals surface area (Å²) in [7, 11) is 2.98. The third kappa shape index (κ3) is 5.84. The van der Waals surface area contributed by atoms with Crippen molar-refractivity contribution < 1.29 is 10.1 Å². The molecule has 0 aromatic carbocycles. The molecule has 8 heavy (non-hydrogen) atoms. The van der Waals surface area contributed by atoms with Crippen molar-refractivity contribution in [2.45, 2.75) is 0 Å². The highest BCUT2D eigenvalue weighted by molar-refractivity contribution is 4.20. The van der Waals surface area contributed by atoms with Crippen LogP contribution in [0.3, 0.4) is 0 Å². The summed E-state index contributed by atoms with van der Waals surface area (Å²) in [5.41, 5.74) is 0. The first-order valence-corrected chi connectivity index (χ1v) is 2.62. The normalized spacial score (nSPS) is 18.0. The molecule has 0 saturated carbocycles. The quantitative estimate of drug-likeness (QED) is 0.390. The van der Waals surface area contributed by atoms with Crippen LogP contribution in [0.4, 0.5) is 0 Å². The molecule has 0 bridgehead atoms. The Morgan fingerprint density at radius 3 is 1.38 bits per heavy atom. The van der Waals surface area contributed by atoms with Gasteiger partial charge in [-0.25, -0.2) is 0 Å². The molecule has 4 nitrogen and oxygen atoms in total. The van der Waals surface area contributed by atoms with Crippen LogP contribution >= 0.6 is 0 Å². The zero-order valence-electron chi connectivity index (χ0n) is 5.23. The van der Waals surface area contributed by atoms with Gasteiger partial charge in [0.1, 0.15) is 13.1 Å². The van der Waals surface area contributed by atoms with Gasteiger partial charge in [0.15, 0.2) is 0 Å². The molecule has 0 aromatic rings. The molecule has 0 fully saturated rings. The van der Waals surface area contributed by atoms with Crippen molar-refractivity contribution in [3.63, 3.8) is 0 Å². The van der Waals surface area contributed by atoms with Crippen molar-refractivity contribution in [1.82, 2.24) is 0 Å². The number of hydrogen-bond acceptors (Lipinski definition) is 2. The van der Waals surface area contributed by atoms with Crippen LogP contribution < -0.4 is 10.1 Å². The lowest BCUT2D eigenvalue weighted by Gasteiger charge is -2.20. The van der Waals surface area contributed by atoms with Gasteiger partial charge < -0.3 is 20.5 Å². The lowest BCUT2D eigenvalue weighted by molar-refractivity contribution is -0.888. The number of nitrogens with one attached hydrogen (secondary N) is 2. The molecule has 0 rings (SSSR count). The highest BCUT2D eigenvalue weighted by Gasteiger charge is 1.89. The number of hydrogen-bond donors (Lipinski definition) is 2. The SMILES string of the molecule is C[NH+]([O-])CC[NH+](C)[O-].